The van der Waals surface area contributed by atoms with Crippen LogP contribution < -0.4 is 9.62 Å². The van der Waals surface area contributed by atoms with Crippen LogP contribution in [-0.2, 0) is 22.9 Å². The monoisotopic (exact) mass is 420 g/mol. The lowest BCUT2D eigenvalue weighted by Crippen LogP contribution is -2.29. The number of carbonyl (C=O) groups is 1. The van der Waals surface area contributed by atoms with Gasteiger partial charge < -0.3 is 5.32 Å². The van der Waals surface area contributed by atoms with Crippen molar-refractivity contribution in [3.05, 3.63) is 89.0 Å². The number of sulfonamides is 1. The van der Waals surface area contributed by atoms with Gasteiger partial charge >= 0.3 is 0 Å². The van der Waals surface area contributed by atoms with Crippen LogP contribution in [0.5, 0.6) is 0 Å². The zero-order valence-electron chi connectivity index (χ0n) is 17.1. The molecule has 30 heavy (non-hydrogen) atoms. The molecule has 1 aliphatic heterocycles. The van der Waals surface area contributed by atoms with E-state index < -0.39 is 10.0 Å². The Balaban J connectivity index is 1.55. The van der Waals surface area contributed by atoms with E-state index in [9.17, 15) is 13.2 Å². The molecule has 1 aliphatic rings. The summed E-state index contributed by atoms with van der Waals surface area (Å²) >= 11 is 0. The SMILES string of the molecule is CCc1ccc(NC(=O)c2ccc3c(c2)CCN3S(=O)(=O)c2ccc(C)cc2)cc1. The normalized spacial score (nSPS) is 13.2. The molecule has 0 aliphatic carbocycles. The topological polar surface area (TPSA) is 66.5 Å². The number of hydrogen-bond acceptors (Lipinski definition) is 3. The number of rotatable bonds is 5. The second-order valence-electron chi connectivity index (χ2n) is 7.49. The van der Waals surface area contributed by atoms with Crippen LogP contribution in [0.1, 0.15) is 34.0 Å². The highest BCUT2D eigenvalue weighted by molar-refractivity contribution is 7.92. The minimum absolute atomic E-state index is 0.207. The van der Waals surface area contributed by atoms with E-state index in [1.54, 1.807) is 42.5 Å². The van der Waals surface area contributed by atoms with Crippen molar-refractivity contribution in [3.8, 4) is 0 Å². The first-order chi connectivity index (χ1) is 14.4. The molecule has 6 heteroatoms. The van der Waals surface area contributed by atoms with E-state index in [1.165, 1.54) is 9.87 Å². The molecule has 0 aromatic heterocycles. The Hall–Kier alpha value is -3.12. The third kappa shape index (κ3) is 3.83. The van der Waals surface area contributed by atoms with E-state index in [0.717, 1.165) is 23.2 Å². The Morgan fingerprint density at radius 2 is 1.70 bits per heavy atom. The van der Waals surface area contributed by atoms with Gasteiger partial charge in [-0.05, 0) is 73.4 Å². The summed E-state index contributed by atoms with van der Waals surface area (Å²) in [6.07, 6.45) is 1.52. The zero-order chi connectivity index (χ0) is 21.3. The minimum atomic E-state index is -3.62. The predicted octanol–water partition coefficient (Wildman–Crippen LogP) is 4.56. The molecule has 3 aromatic rings. The fraction of sp³-hybridized carbons (Fsp3) is 0.208. The summed E-state index contributed by atoms with van der Waals surface area (Å²) in [5.74, 6) is -0.207. The summed E-state index contributed by atoms with van der Waals surface area (Å²) in [5.41, 5.74) is 4.97. The summed E-state index contributed by atoms with van der Waals surface area (Å²) in [6, 6.07) is 19.8. The highest BCUT2D eigenvalue weighted by Crippen LogP contribution is 2.33. The lowest BCUT2D eigenvalue weighted by molar-refractivity contribution is 0.102. The highest BCUT2D eigenvalue weighted by atomic mass is 32.2. The average Bonchev–Trinajstić information content (AvgIpc) is 3.18. The van der Waals surface area contributed by atoms with E-state index in [4.69, 9.17) is 0 Å². The van der Waals surface area contributed by atoms with Crippen LogP contribution in [-0.4, -0.2) is 20.9 Å². The predicted molar refractivity (Wildman–Crippen MR) is 120 cm³/mol. The van der Waals surface area contributed by atoms with E-state index in [0.29, 0.717) is 24.2 Å². The van der Waals surface area contributed by atoms with Gasteiger partial charge in [-0.2, -0.15) is 0 Å². The molecule has 5 nitrogen and oxygen atoms in total. The Morgan fingerprint density at radius 3 is 2.37 bits per heavy atom. The Bertz CT molecular complexity index is 1180. The quantitative estimate of drug-likeness (QED) is 0.658. The van der Waals surface area contributed by atoms with Gasteiger partial charge in [0.15, 0.2) is 0 Å². The Kier molecular flexibility index (Phi) is 5.35. The molecular formula is C24H24N2O3S. The molecule has 0 saturated heterocycles. The first-order valence-electron chi connectivity index (χ1n) is 10.0. The molecule has 0 unspecified atom stereocenters. The number of anilines is 2. The van der Waals surface area contributed by atoms with E-state index >= 15 is 0 Å². The van der Waals surface area contributed by atoms with Gasteiger partial charge in [-0.1, -0.05) is 36.8 Å². The van der Waals surface area contributed by atoms with Crippen molar-refractivity contribution in [2.45, 2.75) is 31.6 Å². The Morgan fingerprint density at radius 1 is 1.00 bits per heavy atom. The number of fused-ring (bicyclic) bond motifs is 1. The summed E-state index contributed by atoms with van der Waals surface area (Å²) in [4.78, 5) is 12.9. The molecule has 154 valence electrons. The van der Waals surface area contributed by atoms with Gasteiger partial charge in [-0.25, -0.2) is 8.42 Å². The first kappa shape index (κ1) is 20.2. The third-order valence-corrected chi connectivity index (χ3v) is 7.25. The fourth-order valence-electron chi connectivity index (χ4n) is 3.63. The maximum absolute atomic E-state index is 13.1. The summed E-state index contributed by atoms with van der Waals surface area (Å²) in [7, 11) is -3.62. The second-order valence-corrected chi connectivity index (χ2v) is 9.35. The number of aryl methyl sites for hydroxylation is 2. The van der Waals surface area contributed by atoms with Crippen LogP contribution in [0, 0.1) is 6.92 Å². The maximum Gasteiger partial charge on any atom is 0.264 e. The standard InChI is InChI=1S/C24H24N2O3S/c1-3-18-6-9-21(10-7-18)25-24(27)20-8-13-23-19(16-20)14-15-26(23)30(28,29)22-11-4-17(2)5-12-22/h4-13,16H,3,14-15H2,1-2H3,(H,25,27). The molecule has 0 atom stereocenters. The molecule has 3 aromatic carbocycles. The maximum atomic E-state index is 13.1. The molecule has 0 fully saturated rings. The van der Waals surface area contributed by atoms with Crippen LogP contribution in [0.2, 0.25) is 0 Å². The number of amides is 1. The Labute approximate surface area is 177 Å². The van der Waals surface area contributed by atoms with E-state index in [-0.39, 0.29) is 10.8 Å². The molecule has 1 N–H and O–H groups in total. The summed E-state index contributed by atoms with van der Waals surface area (Å²) in [6.45, 7) is 4.38. The zero-order valence-corrected chi connectivity index (χ0v) is 17.9. The number of nitrogens with zero attached hydrogens (tertiary/aromatic N) is 1. The van der Waals surface area contributed by atoms with E-state index in [1.807, 2.05) is 31.2 Å². The largest absolute Gasteiger partial charge is 0.322 e. The van der Waals surface area contributed by atoms with Gasteiger partial charge in [0, 0.05) is 17.8 Å². The van der Waals surface area contributed by atoms with Crippen LogP contribution in [0.3, 0.4) is 0 Å². The summed E-state index contributed by atoms with van der Waals surface area (Å²) < 4.78 is 27.6. The van der Waals surface area contributed by atoms with Crippen LogP contribution >= 0.6 is 0 Å². The van der Waals surface area contributed by atoms with Gasteiger partial charge in [0.1, 0.15) is 0 Å². The van der Waals surface area contributed by atoms with Gasteiger partial charge in [-0.15, -0.1) is 0 Å². The second kappa shape index (κ2) is 7.95. The van der Waals surface area contributed by atoms with Gasteiger partial charge in [0.25, 0.3) is 15.9 Å². The van der Waals surface area contributed by atoms with Crippen molar-refractivity contribution in [1.82, 2.24) is 0 Å². The average molecular weight is 421 g/mol. The van der Waals surface area contributed by atoms with Gasteiger partial charge in [-0.3, -0.25) is 9.10 Å². The molecule has 1 heterocycles. The van der Waals surface area contributed by atoms with Crippen LogP contribution in [0.15, 0.2) is 71.6 Å². The third-order valence-electron chi connectivity index (χ3n) is 5.42. The molecule has 0 saturated carbocycles. The van der Waals surface area contributed by atoms with Gasteiger partial charge in [0.2, 0.25) is 0 Å². The lowest BCUT2D eigenvalue weighted by atomic mass is 10.1. The summed E-state index contributed by atoms with van der Waals surface area (Å²) in [5, 5.41) is 2.90. The first-order valence-corrected chi connectivity index (χ1v) is 11.4. The van der Waals surface area contributed by atoms with Crippen molar-refractivity contribution in [2.75, 3.05) is 16.2 Å². The smallest absolute Gasteiger partial charge is 0.264 e. The molecule has 0 spiro atoms. The van der Waals surface area contributed by atoms with Crippen molar-refractivity contribution in [1.29, 1.82) is 0 Å². The van der Waals surface area contributed by atoms with Crippen LogP contribution in [0.25, 0.3) is 0 Å². The molecule has 1 amide bonds. The lowest BCUT2D eigenvalue weighted by Gasteiger charge is -2.20. The van der Waals surface area contributed by atoms with Gasteiger partial charge in [0.05, 0.1) is 10.6 Å². The fourth-order valence-corrected chi connectivity index (χ4v) is 5.13. The highest BCUT2D eigenvalue weighted by Gasteiger charge is 2.31. The molecule has 4 rings (SSSR count). The van der Waals surface area contributed by atoms with Crippen molar-refractivity contribution in [3.63, 3.8) is 0 Å². The number of benzene rings is 3. The van der Waals surface area contributed by atoms with Crippen LogP contribution in [0.4, 0.5) is 11.4 Å². The minimum Gasteiger partial charge on any atom is -0.322 e. The number of carbonyl (C=O) groups excluding carboxylic acids is 1. The number of nitrogens with one attached hydrogen (secondary N) is 1. The molecular weight excluding hydrogens is 396 g/mol. The van der Waals surface area contributed by atoms with Crippen molar-refractivity contribution >= 4 is 27.3 Å². The molecule has 0 radical (unpaired) electrons. The number of hydrogen-bond donors (Lipinski definition) is 1. The van der Waals surface area contributed by atoms with Crippen molar-refractivity contribution < 1.29 is 13.2 Å². The molecule has 0 bridgehead atoms. The van der Waals surface area contributed by atoms with E-state index in [2.05, 4.69) is 12.2 Å². The van der Waals surface area contributed by atoms with Crippen molar-refractivity contribution in [2.24, 2.45) is 0 Å².